The van der Waals surface area contributed by atoms with Crippen LogP contribution in [0.5, 0.6) is 0 Å². The first-order chi connectivity index (χ1) is 12.7. The van der Waals surface area contributed by atoms with Crippen LogP contribution in [0.25, 0.3) is 10.4 Å². The molecule has 2 aromatic heterocycles. The van der Waals surface area contributed by atoms with Crippen molar-refractivity contribution >= 4 is 17.2 Å². The number of nitrogens with one attached hydrogen (secondary N) is 2. The second-order valence-electron chi connectivity index (χ2n) is 7.16. The lowest BCUT2D eigenvalue weighted by Crippen LogP contribution is -2.50. The minimum absolute atomic E-state index is 0.0234. The van der Waals surface area contributed by atoms with Crippen LogP contribution in [0.4, 0.5) is 0 Å². The molecule has 0 unspecified atom stereocenters. The van der Waals surface area contributed by atoms with E-state index >= 15 is 0 Å². The fourth-order valence-corrected chi connectivity index (χ4v) is 5.08. The molecular formula is C19H23N5OS. The van der Waals surface area contributed by atoms with Gasteiger partial charge in [0.1, 0.15) is 6.04 Å². The zero-order valence-electron chi connectivity index (χ0n) is 14.8. The summed E-state index contributed by atoms with van der Waals surface area (Å²) in [5.74, 6) is 0.410. The first-order valence-corrected chi connectivity index (χ1v) is 10.1. The maximum Gasteiger partial charge on any atom is 0.238 e. The van der Waals surface area contributed by atoms with Crippen LogP contribution in [0.15, 0.2) is 24.5 Å². The van der Waals surface area contributed by atoms with Crippen molar-refractivity contribution in [1.82, 2.24) is 20.4 Å². The second-order valence-corrected chi connectivity index (χ2v) is 8.33. The van der Waals surface area contributed by atoms with Crippen molar-refractivity contribution in [3.8, 4) is 16.5 Å². The van der Waals surface area contributed by atoms with E-state index < -0.39 is 6.04 Å². The number of nitriles is 1. The third-order valence-corrected chi connectivity index (χ3v) is 6.58. The maximum atomic E-state index is 12.5. The van der Waals surface area contributed by atoms with Gasteiger partial charge in [-0.25, -0.2) is 0 Å². The van der Waals surface area contributed by atoms with E-state index in [2.05, 4.69) is 34.8 Å². The van der Waals surface area contributed by atoms with E-state index in [9.17, 15) is 10.1 Å². The lowest BCUT2D eigenvalue weighted by molar-refractivity contribution is -0.124. The van der Waals surface area contributed by atoms with E-state index in [-0.39, 0.29) is 11.9 Å². The number of piperidine rings is 1. The topological polar surface area (TPSA) is 82.7 Å². The fourth-order valence-electron chi connectivity index (χ4n) is 4.05. The molecule has 2 N–H and O–H groups in total. The van der Waals surface area contributed by atoms with Gasteiger partial charge in [-0.05, 0) is 44.2 Å². The summed E-state index contributed by atoms with van der Waals surface area (Å²) in [6.45, 7) is 2.90. The molecule has 4 atom stereocenters. The highest BCUT2D eigenvalue weighted by molar-refractivity contribution is 7.15. The summed E-state index contributed by atoms with van der Waals surface area (Å²) in [6, 6.07) is 6.21. The third-order valence-electron chi connectivity index (χ3n) is 5.42. The van der Waals surface area contributed by atoms with Crippen LogP contribution in [0.1, 0.15) is 31.1 Å². The van der Waals surface area contributed by atoms with Gasteiger partial charge in [0.2, 0.25) is 5.91 Å². The number of aromatic nitrogens is 2. The summed E-state index contributed by atoms with van der Waals surface area (Å²) < 4.78 is 1.90. The van der Waals surface area contributed by atoms with Crippen LogP contribution in [0, 0.1) is 17.2 Å². The van der Waals surface area contributed by atoms with Crippen LogP contribution in [0.2, 0.25) is 0 Å². The highest BCUT2D eigenvalue weighted by atomic mass is 32.1. The number of carbonyl (C=O) groups excluding carboxylic acids is 1. The van der Waals surface area contributed by atoms with Gasteiger partial charge < -0.3 is 10.6 Å². The summed E-state index contributed by atoms with van der Waals surface area (Å²) in [7, 11) is 0. The Kier molecular flexibility index (Phi) is 4.79. The standard InChI is InChI=1S/C19H23N5OS/c1-2-24-11-13(10-21-24)17-6-5-16(26-17)8-15(9-20)23-19(25)18-12-3-4-14(7-12)22-18/h5-6,10-12,14-15,18,22H,2-4,7-8H2,1H3,(H,23,25)/t12-,14+,15-,18-/m0/s1. The SMILES string of the molecule is CCn1cc(-c2ccc(C[C@@H](C#N)NC(=O)[C@H]3N[C@@H]4CC[C@H]3C4)s2)cn1. The summed E-state index contributed by atoms with van der Waals surface area (Å²) in [4.78, 5) is 14.8. The van der Waals surface area contributed by atoms with Crippen molar-refractivity contribution in [3.63, 3.8) is 0 Å². The molecule has 1 aliphatic heterocycles. The van der Waals surface area contributed by atoms with Crippen molar-refractivity contribution in [2.45, 2.75) is 57.3 Å². The molecule has 7 heteroatoms. The quantitative estimate of drug-likeness (QED) is 0.819. The molecular weight excluding hydrogens is 346 g/mol. The van der Waals surface area contributed by atoms with E-state index in [1.54, 1.807) is 11.3 Å². The molecule has 1 amide bonds. The molecule has 2 bridgehead atoms. The maximum absolute atomic E-state index is 12.5. The number of thiophene rings is 1. The molecule has 0 radical (unpaired) electrons. The molecule has 2 fully saturated rings. The van der Waals surface area contributed by atoms with Crippen LogP contribution in [-0.2, 0) is 17.8 Å². The van der Waals surface area contributed by atoms with E-state index in [0.29, 0.717) is 18.4 Å². The van der Waals surface area contributed by atoms with Crippen LogP contribution < -0.4 is 10.6 Å². The van der Waals surface area contributed by atoms with E-state index in [0.717, 1.165) is 34.7 Å². The molecule has 136 valence electrons. The van der Waals surface area contributed by atoms with Crippen molar-refractivity contribution in [2.75, 3.05) is 0 Å². The van der Waals surface area contributed by atoms with Crippen molar-refractivity contribution < 1.29 is 4.79 Å². The van der Waals surface area contributed by atoms with Crippen molar-refractivity contribution in [3.05, 3.63) is 29.4 Å². The summed E-state index contributed by atoms with van der Waals surface area (Å²) in [5.41, 5.74) is 1.09. The third kappa shape index (κ3) is 3.39. The van der Waals surface area contributed by atoms with Gasteiger partial charge in [0.05, 0.1) is 18.3 Å². The first kappa shape index (κ1) is 17.3. The molecule has 0 aromatic carbocycles. The second kappa shape index (κ2) is 7.22. The predicted molar refractivity (Wildman–Crippen MR) is 101 cm³/mol. The zero-order chi connectivity index (χ0) is 18.1. The Morgan fingerprint density at radius 1 is 1.54 bits per heavy atom. The Morgan fingerprint density at radius 3 is 3.08 bits per heavy atom. The molecule has 1 aliphatic carbocycles. The van der Waals surface area contributed by atoms with Gasteiger partial charge in [0.25, 0.3) is 0 Å². The molecule has 1 saturated heterocycles. The lowest BCUT2D eigenvalue weighted by atomic mass is 9.99. The molecule has 2 aliphatic rings. The summed E-state index contributed by atoms with van der Waals surface area (Å²) in [5, 5.41) is 20.1. The Hall–Kier alpha value is -2.17. The van der Waals surface area contributed by atoms with Crippen molar-refractivity contribution in [1.29, 1.82) is 5.26 Å². The average Bonchev–Trinajstić information content (AvgIpc) is 3.43. The van der Waals surface area contributed by atoms with Gasteiger partial charge in [-0.15, -0.1) is 11.3 Å². The number of nitrogens with zero attached hydrogens (tertiary/aromatic N) is 3. The Morgan fingerprint density at radius 2 is 2.42 bits per heavy atom. The van der Waals surface area contributed by atoms with Crippen molar-refractivity contribution in [2.24, 2.45) is 5.92 Å². The number of hydrogen-bond donors (Lipinski definition) is 2. The number of amides is 1. The van der Waals surface area contributed by atoms with E-state index in [1.165, 1.54) is 6.42 Å². The average molecular weight is 369 g/mol. The number of rotatable bonds is 6. The van der Waals surface area contributed by atoms with Crippen LogP contribution in [0.3, 0.4) is 0 Å². The smallest absolute Gasteiger partial charge is 0.238 e. The number of aryl methyl sites for hydroxylation is 1. The molecule has 1 saturated carbocycles. The largest absolute Gasteiger partial charge is 0.339 e. The van der Waals surface area contributed by atoms with Crippen LogP contribution in [-0.4, -0.2) is 33.8 Å². The van der Waals surface area contributed by atoms with Gasteiger partial charge in [0.15, 0.2) is 0 Å². The Labute approximate surface area is 157 Å². The molecule has 6 nitrogen and oxygen atoms in total. The Balaban J connectivity index is 1.38. The molecule has 0 spiro atoms. The fraction of sp³-hybridized carbons (Fsp3) is 0.526. The summed E-state index contributed by atoms with van der Waals surface area (Å²) in [6.07, 6.45) is 7.81. The number of carbonyl (C=O) groups is 1. The minimum atomic E-state index is -0.492. The van der Waals surface area contributed by atoms with E-state index in [1.807, 2.05) is 23.1 Å². The highest BCUT2D eigenvalue weighted by Crippen LogP contribution is 2.35. The number of fused-ring (bicyclic) bond motifs is 2. The van der Waals surface area contributed by atoms with Gasteiger partial charge >= 0.3 is 0 Å². The molecule has 4 rings (SSSR count). The van der Waals surface area contributed by atoms with Gasteiger partial charge in [0, 0.05) is 40.5 Å². The van der Waals surface area contributed by atoms with Gasteiger partial charge in [-0.2, -0.15) is 10.4 Å². The van der Waals surface area contributed by atoms with E-state index in [4.69, 9.17) is 0 Å². The first-order valence-electron chi connectivity index (χ1n) is 9.24. The highest BCUT2D eigenvalue weighted by Gasteiger charge is 2.43. The Bertz CT molecular complexity index is 835. The monoisotopic (exact) mass is 369 g/mol. The minimum Gasteiger partial charge on any atom is -0.339 e. The molecule has 26 heavy (non-hydrogen) atoms. The predicted octanol–water partition coefficient (Wildman–Crippen LogP) is 2.32. The lowest BCUT2D eigenvalue weighted by Gasteiger charge is -2.23. The molecule has 3 heterocycles. The van der Waals surface area contributed by atoms with Gasteiger partial charge in [-0.1, -0.05) is 0 Å². The zero-order valence-corrected chi connectivity index (χ0v) is 15.6. The molecule has 2 aromatic rings. The van der Waals surface area contributed by atoms with Gasteiger partial charge in [-0.3, -0.25) is 9.48 Å². The number of hydrogen-bond acceptors (Lipinski definition) is 5. The summed E-state index contributed by atoms with van der Waals surface area (Å²) >= 11 is 1.65. The van der Waals surface area contributed by atoms with Crippen LogP contribution >= 0.6 is 11.3 Å². The normalized spacial score (nSPS) is 25.2.